The predicted molar refractivity (Wildman–Crippen MR) is 83.6 cm³/mol. The van der Waals surface area contributed by atoms with E-state index in [1.54, 1.807) is 18.1 Å². The molecular weight excluding hydrogens is 290 g/mol. The van der Waals surface area contributed by atoms with Crippen LogP contribution in [0.3, 0.4) is 0 Å². The standard InChI is InChI=1S/C15H12ClN3S/c1-20-14-8-2-11(3-9-14)15-17-10-18-19(15)13-6-4-12(16)5-7-13/h2-10H,1H3. The van der Waals surface area contributed by atoms with Crippen molar-refractivity contribution in [3.05, 3.63) is 59.9 Å². The van der Waals surface area contributed by atoms with Crippen LogP contribution in [0, 0.1) is 0 Å². The van der Waals surface area contributed by atoms with E-state index in [0.29, 0.717) is 5.02 Å². The predicted octanol–water partition coefficient (Wildman–Crippen LogP) is 4.31. The summed E-state index contributed by atoms with van der Waals surface area (Å²) in [5, 5.41) is 5.00. The molecule has 3 rings (SSSR count). The molecule has 1 aromatic heterocycles. The summed E-state index contributed by atoms with van der Waals surface area (Å²) in [5.41, 5.74) is 1.98. The molecule has 0 aliphatic rings. The van der Waals surface area contributed by atoms with E-state index in [-0.39, 0.29) is 0 Å². The zero-order valence-corrected chi connectivity index (χ0v) is 12.4. The first-order valence-electron chi connectivity index (χ1n) is 6.08. The molecule has 0 aliphatic carbocycles. The number of halogens is 1. The summed E-state index contributed by atoms with van der Waals surface area (Å²) in [6.45, 7) is 0. The molecule has 0 N–H and O–H groups in total. The van der Waals surface area contributed by atoms with E-state index < -0.39 is 0 Å². The monoisotopic (exact) mass is 301 g/mol. The molecule has 0 saturated carbocycles. The molecule has 3 nitrogen and oxygen atoms in total. The zero-order chi connectivity index (χ0) is 13.9. The molecule has 0 aliphatic heterocycles. The minimum absolute atomic E-state index is 0.708. The molecule has 2 aromatic carbocycles. The number of benzene rings is 2. The maximum atomic E-state index is 5.92. The number of thioether (sulfide) groups is 1. The fourth-order valence-corrected chi connectivity index (χ4v) is 2.48. The normalized spacial score (nSPS) is 10.7. The summed E-state index contributed by atoms with van der Waals surface area (Å²) in [6.07, 6.45) is 3.62. The Bertz CT molecular complexity index is 705. The molecule has 0 saturated heterocycles. The Balaban J connectivity index is 2.02. The maximum Gasteiger partial charge on any atom is 0.163 e. The van der Waals surface area contributed by atoms with Crippen LogP contribution in [0.4, 0.5) is 0 Å². The van der Waals surface area contributed by atoms with Crippen molar-refractivity contribution in [2.75, 3.05) is 6.26 Å². The molecule has 0 radical (unpaired) electrons. The largest absolute Gasteiger partial charge is 0.215 e. The van der Waals surface area contributed by atoms with E-state index >= 15 is 0 Å². The van der Waals surface area contributed by atoms with Crippen LogP contribution in [-0.2, 0) is 0 Å². The topological polar surface area (TPSA) is 30.7 Å². The fourth-order valence-electron chi connectivity index (χ4n) is 1.95. The number of hydrogen-bond donors (Lipinski definition) is 0. The number of rotatable bonds is 3. The van der Waals surface area contributed by atoms with Gasteiger partial charge in [-0.25, -0.2) is 9.67 Å². The zero-order valence-electron chi connectivity index (χ0n) is 10.8. The van der Waals surface area contributed by atoms with Gasteiger partial charge in [-0.05, 0) is 42.7 Å². The van der Waals surface area contributed by atoms with Crippen LogP contribution in [0.5, 0.6) is 0 Å². The second-order valence-electron chi connectivity index (χ2n) is 4.20. The van der Waals surface area contributed by atoms with Gasteiger partial charge in [0.25, 0.3) is 0 Å². The van der Waals surface area contributed by atoms with Crippen molar-refractivity contribution in [1.29, 1.82) is 0 Å². The SMILES string of the molecule is CSc1ccc(-c2ncnn2-c2ccc(Cl)cc2)cc1. The summed E-state index contributed by atoms with van der Waals surface area (Å²) < 4.78 is 1.81. The van der Waals surface area contributed by atoms with Gasteiger partial charge in [-0.1, -0.05) is 23.7 Å². The van der Waals surface area contributed by atoms with Gasteiger partial charge in [0.15, 0.2) is 5.82 Å². The molecule has 20 heavy (non-hydrogen) atoms. The van der Waals surface area contributed by atoms with Crippen LogP contribution in [0.25, 0.3) is 17.1 Å². The van der Waals surface area contributed by atoms with Crippen molar-refractivity contribution in [3.8, 4) is 17.1 Å². The summed E-state index contributed by atoms with van der Waals surface area (Å²) in [6, 6.07) is 15.8. The molecular formula is C15H12ClN3S. The highest BCUT2D eigenvalue weighted by atomic mass is 35.5. The van der Waals surface area contributed by atoms with Crippen LogP contribution >= 0.6 is 23.4 Å². The van der Waals surface area contributed by atoms with Crippen molar-refractivity contribution in [2.24, 2.45) is 0 Å². The van der Waals surface area contributed by atoms with E-state index in [9.17, 15) is 0 Å². The van der Waals surface area contributed by atoms with E-state index in [2.05, 4.69) is 40.6 Å². The molecule has 0 atom stereocenters. The smallest absolute Gasteiger partial charge is 0.163 e. The van der Waals surface area contributed by atoms with Crippen molar-refractivity contribution in [1.82, 2.24) is 14.8 Å². The Kier molecular flexibility index (Phi) is 3.76. The van der Waals surface area contributed by atoms with Crippen LogP contribution in [0.15, 0.2) is 59.8 Å². The lowest BCUT2D eigenvalue weighted by molar-refractivity contribution is 0.887. The fraction of sp³-hybridized carbons (Fsp3) is 0.0667. The summed E-state index contributed by atoms with van der Waals surface area (Å²) >= 11 is 7.64. The molecule has 100 valence electrons. The quantitative estimate of drug-likeness (QED) is 0.675. The van der Waals surface area contributed by atoms with E-state index in [4.69, 9.17) is 11.6 Å². The second-order valence-corrected chi connectivity index (χ2v) is 5.52. The van der Waals surface area contributed by atoms with Gasteiger partial charge in [-0.2, -0.15) is 5.10 Å². The van der Waals surface area contributed by atoms with E-state index in [1.807, 2.05) is 28.9 Å². The highest BCUT2D eigenvalue weighted by molar-refractivity contribution is 7.98. The van der Waals surface area contributed by atoms with Crippen molar-refractivity contribution < 1.29 is 0 Å². The molecule has 0 spiro atoms. The van der Waals surface area contributed by atoms with Crippen LogP contribution < -0.4 is 0 Å². The van der Waals surface area contributed by atoms with Crippen LogP contribution in [0.2, 0.25) is 5.02 Å². The average Bonchev–Trinajstić information content (AvgIpc) is 2.97. The lowest BCUT2D eigenvalue weighted by atomic mass is 10.2. The first kappa shape index (κ1) is 13.2. The van der Waals surface area contributed by atoms with Gasteiger partial charge in [-0.3, -0.25) is 0 Å². The summed E-state index contributed by atoms with van der Waals surface area (Å²) in [5.74, 6) is 0.819. The molecule has 1 heterocycles. The lowest BCUT2D eigenvalue weighted by Crippen LogP contribution is -1.99. The van der Waals surface area contributed by atoms with Crippen molar-refractivity contribution >= 4 is 23.4 Å². The third kappa shape index (κ3) is 2.57. The Labute approximate surface area is 126 Å². The summed E-state index contributed by atoms with van der Waals surface area (Å²) in [7, 11) is 0. The highest BCUT2D eigenvalue weighted by Gasteiger charge is 2.09. The lowest BCUT2D eigenvalue weighted by Gasteiger charge is -2.06. The molecule has 0 amide bonds. The van der Waals surface area contributed by atoms with Gasteiger partial charge in [-0.15, -0.1) is 11.8 Å². The second kappa shape index (κ2) is 5.69. The average molecular weight is 302 g/mol. The van der Waals surface area contributed by atoms with Gasteiger partial charge >= 0.3 is 0 Å². The summed E-state index contributed by atoms with van der Waals surface area (Å²) in [4.78, 5) is 5.58. The number of aromatic nitrogens is 3. The maximum absolute atomic E-state index is 5.92. The van der Waals surface area contributed by atoms with Crippen molar-refractivity contribution in [3.63, 3.8) is 0 Å². The minimum atomic E-state index is 0.708. The Morgan fingerprint density at radius 2 is 1.70 bits per heavy atom. The molecule has 3 aromatic rings. The number of nitrogens with zero attached hydrogens (tertiary/aromatic N) is 3. The minimum Gasteiger partial charge on any atom is -0.215 e. The van der Waals surface area contributed by atoms with E-state index in [0.717, 1.165) is 17.1 Å². The third-order valence-corrected chi connectivity index (χ3v) is 3.96. The third-order valence-electron chi connectivity index (χ3n) is 2.97. The Morgan fingerprint density at radius 3 is 2.35 bits per heavy atom. The van der Waals surface area contributed by atoms with E-state index in [1.165, 1.54) is 4.90 Å². The van der Waals surface area contributed by atoms with Gasteiger partial charge in [0.2, 0.25) is 0 Å². The van der Waals surface area contributed by atoms with Crippen LogP contribution in [-0.4, -0.2) is 21.0 Å². The first-order valence-corrected chi connectivity index (χ1v) is 7.68. The van der Waals surface area contributed by atoms with Gasteiger partial charge in [0, 0.05) is 15.5 Å². The molecule has 0 fully saturated rings. The highest BCUT2D eigenvalue weighted by Crippen LogP contribution is 2.23. The molecule has 0 unspecified atom stereocenters. The first-order chi connectivity index (χ1) is 9.78. The van der Waals surface area contributed by atoms with Crippen molar-refractivity contribution in [2.45, 2.75) is 4.90 Å². The molecule has 0 bridgehead atoms. The molecule has 5 heteroatoms. The number of hydrogen-bond acceptors (Lipinski definition) is 3. The Hall–Kier alpha value is -1.78. The van der Waals surface area contributed by atoms with Gasteiger partial charge < -0.3 is 0 Å². The van der Waals surface area contributed by atoms with Crippen LogP contribution in [0.1, 0.15) is 0 Å². The Morgan fingerprint density at radius 1 is 1.00 bits per heavy atom. The van der Waals surface area contributed by atoms with Gasteiger partial charge in [0.05, 0.1) is 5.69 Å². The van der Waals surface area contributed by atoms with Gasteiger partial charge in [0.1, 0.15) is 6.33 Å².